The molecule has 0 aliphatic carbocycles. The minimum Gasteiger partial charge on any atom is -0.310 e. The van der Waals surface area contributed by atoms with Crippen molar-refractivity contribution in [2.24, 2.45) is 11.8 Å². The van der Waals surface area contributed by atoms with Crippen LogP contribution in [0.25, 0.3) is 0 Å². The van der Waals surface area contributed by atoms with E-state index in [1.807, 2.05) is 0 Å². The molecule has 1 heterocycles. The van der Waals surface area contributed by atoms with Gasteiger partial charge in [0.05, 0.1) is 0 Å². The van der Waals surface area contributed by atoms with Crippen molar-refractivity contribution in [1.29, 1.82) is 0 Å². The van der Waals surface area contributed by atoms with Crippen LogP contribution in [0.3, 0.4) is 0 Å². The van der Waals surface area contributed by atoms with E-state index in [-0.39, 0.29) is 0 Å². The zero-order valence-electron chi connectivity index (χ0n) is 12.0. The lowest BCUT2D eigenvalue weighted by atomic mass is 9.99. The molecule has 1 rings (SSSR count). The number of nitrogens with one attached hydrogen (secondary N) is 1. The summed E-state index contributed by atoms with van der Waals surface area (Å²) in [5.41, 5.74) is 0.330. The first-order valence-electron chi connectivity index (χ1n) is 6.79. The van der Waals surface area contributed by atoms with Crippen molar-refractivity contribution in [2.45, 2.75) is 59.5 Å². The molecule has 1 fully saturated rings. The molecule has 0 aromatic carbocycles. The Hall–Kier alpha value is -0.0800. The molecule has 96 valence electrons. The summed E-state index contributed by atoms with van der Waals surface area (Å²) in [5.74, 6) is 1.53. The summed E-state index contributed by atoms with van der Waals surface area (Å²) in [6, 6.07) is 0.736. The summed E-state index contributed by atoms with van der Waals surface area (Å²) >= 11 is 0. The monoisotopic (exact) mass is 226 g/mol. The van der Waals surface area contributed by atoms with Gasteiger partial charge >= 0.3 is 0 Å². The molecule has 1 unspecified atom stereocenters. The molecule has 1 aliphatic heterocycles. The Morgan fingerprint density at radius 1 is 1.12 bits per heavy atom. The van der Waals surface area contributed by atoms with Crippen molar-refractivity contribution < 1.29 is 0 Å². The first kappa shape index (κ1) is 14.0. The lowest BCUT2D eigenvalue weighted by molar-refractivity contribution is 0.161. The molecular weight excluding hydrogens is 196 g/mol. The Labute approximate surface area is 102 Å². The maximum absolute atomic E-state index is 3.63. The van der Waals surface area contributed by atoms with Crippen LogP contribution in [0.15, 0.2) is 0 Å². The first-order chi connectivity index (χ1) is 7.30. The topological polar surface area (TPSA) is 15.3 Å². The second-order valence-electron chi connectivity index (χ2n) is 6.86. The smallest absolute Gasteiger partial charge is 0.0238 e. The predicted octanol–water partition coefficient (Wildman–Crippen LogP) is 2.74. The largest absolute Gasteiger partial charge is 0.310 e. The molecule has 0 bridgehead atoms. The lowest BCUT2D eigenvalue weighted by Gasteiger charge is -2.32. The number of hydrogen-bond acceptors (Lipinski definition) is 2. The highest BCUT2D eigenvalue weighted by Gasteiger charge is 2.33. The Morgan fingerprint density at radius 3 is 1.94 bits per heavy atom. The van der Waals surface area contributed by atoms with Crippen LogP contribution in [0.5, 0.6) is 0 Å². The molecule has 16 heavy (non-hydrogen) atoms. The summed E-state index contributed by atoms with van der Waals surface area (Å²) in [6.07, 6.45) is 1.28. The van der Waals surface area contributed by atoms with Crippen LogP contribution in [0.1, 0.15) is 48.0 Å². The van der Waals surface area contributed by atoms with Gasteiger partial charge in [0, 0.05) is 31.2 Å². The molecular formula is C14H30N2. The van der Waals surface area contributed by atoms with E-state index in [4.69, 9.17) is 0 Å². The normalized spacial score (nSPS) is 24.9. The quantitative estimate of drug-likeness (QED) is 0.775. The summed E-state index contributed by atoms with van der Waals surface area (Å²) in [7, 11) is 0. The highest BCUT2D eigenvalue weighted by molar-refractivity contribution is 4.94. The minimum atomic E-state index is 0.330. The van der Waals surface area contributed by atoms with Crippen LogP contribution >= 0.6 is 0 Å². The van der Waals surface area contributed by atoms with Gasteiger partial charge in [-0.05, 0) is 32.1 Å². The van der Waals surface area contributed by atoms with E-state index >= 15 is 0 Å². The van der Waals surface area contributed by atoms with Gasteiger partial charge in [-0.1, -0.05) is 27.7 Å². The van der Waals surface area contributed by atoms with Crippen LogP contribution in [0.2, 0.25) is 0 Å². The average Bonchev–Trinajstić information content (AvgIpc) is 2.43. The van der Waals surface area contributed by atoms with Crippen molar-refractivity contribution in [3.8, 4) is 0 Å². The number of nitrogens with zero attached hydrogens (tertiary/aromatic N) is 1. The standard InChI is InChI=1S/C14H30N2/c1-11(2)9-16(10-12(3)4)13-7-14(5,6)15-8-13/h11-13,15H,7-10H2,1-6H3. The van der Waals surface area contributed by atoms with Gasteiger partial charge in [-0.2, -0.15) is 0 Å². The van der Waals surface area contributed by atoms with E-state index in [1.165, 1.54) is 19.5 Å². The van der Waals surface area contributed by atoms with Gasteiger partial charge < -0.3 is 5.32 Å². The van der Waals surface area contributed by atoms with Crippen molar-refractivity contribution in [3.05, 3.63) is 0 Å². The Balaban J connectivity index is 2.55. The maximum Gasteiger partial charge on any atom is 0.0238 e. The zero-order chi connectivity index (χ0) is 12.3. The van der Waals surface area contributed by atoms with Crippen LogP contribution in [-0.4, -0.2) is 36.1 Å². The van der Waals surface area contributed by atoms with E-state index < -0.39 is 0 Å². The zero-order valence-corrected chi connectivity index (χ0v) is 12.0. The van der Waals surface area contributed by atoms with E-state index in [9.17, 15) is 0 Å². The Kier molecular flexibility index (Phi) is 4.81. The van der Waals surface area contributed by atoms with E-state index in [0.29, 0.717) is 5.54 Å². The summed E-state index contributed by atoms with van der Waals surface area (Å²) in [4.78, 5) is 2.69. The Bertz CT molecular complexity index is 199. The molecule has 0 aromatic heterocycles. The third-order valence-electron chi connectivity index (χ3n) is 3.28. The first-order valence-corrected chi connectivity index (χ1v) is 6.79. The molecule has 1 aliphatic rings. The van der Waals surface area contributed by atoms with Crippen LogP contribution in [-0.2, 0) is 0 Å². The van der Waals surface area contributed by atoms with Crippen LogP contribution < -0.4 is 5.32 Å². The molecule has 0 saturated carbocycles. The van der Waals surface area contributed by atoms with E-state index in [0.717, 1.165) is 24.4 Å². The number of hydrogen-bond donors (Lipinski definition) is 1. The maximum atomic E-state index is 3.63. The minimum absolute atomic E-state index is 0.330. The fourth-order valence-corrected chi connectivity index (χ4v) is 2.70. The van der Waals surface area contributed by atoms with Gasteiger partial charge in [0.15, 0.2) is 0 Å². The fourth-order valence-electron chi connectivity index (χ4n) is 2.70. The highest BCUT2D eigenvalue weighted by atomic mass is 15.2. The second-order valence-corrected chi connectivity index (χ2v) is 6.86. The van der Waals surface area contributed by atoms with E-state index in [1.54, 1.807) is 0 Å². The second kappa shape index (κ2) is 5.50. The number of rotatable bonds is 5. The molecule has 1 atom stereocenters. The van der Waals surface area contributed by atoms with Crippen molar-refractivity contribution >= 4 is 0 Å². The van der Waals surface area contributed by atoms with Crippen LogP contribution in [0.4, 0.5) is 0 Å². The van der Waals surface area contributed by atoms with E-state index in [2.05, 4.69) is 51.8 Å². The third-order valence-corrected chi connectivity index (χ3v) is 3.28. The fraction of sp³-hybridized carbons (Fsp3) is 1.00. The van der Waals surface area contributed by atoms with Gasteiger partial charge in [0.2, 0.25) is 0 Å². The summed E-state index contributed by atoms with van der Waals surface area (Å²) < 4.78 is 0. The predicted molar refractivity (Wildman–Crippen MR) is 71.7 cm³/mol. The van der Waals surface area contributed by atoms with Crippen LogP contribution in [0, 0.1) is 11.8 Å². The van der Waals surface area contributed by atoms with Gasteiger partial charge in [0.1, 0.15) is 0 Å². The Morgan fingerprint density at radius 2 is 1.62 bits per heavy atom. The molecule has 0 spiro atoms. The van der Waals surface area contributed by atoms with Gasteiger partial charge in [-0.3, -0.25) is 4.90 Å². The SMILES string of the molecule is CC(C)CN(CC(C)C)C1CNC(C)(C)C1. The van der Waals surface area contributed by atoms with Gasteiger partial charge in [-0.25, -0.2) is 0 Å². The molecule has 1 saturated heterocycles. The van der Waals surface area contributed by atoms with Gasteiger partial charge in [-0.15, -0.1) is 0 Å². The molecule has 0 aromatic rings. The van der Waals surface area contributed by atoms with Gasteiger partial charge in [0.25, 0.3) is 0 Å². The molecule has 1 N–H and O–H groups in total. The third kappa shape index (κ3) is 4.42. The molecule has 0 amide bonds. The van der Waals surface area contributed by atoms with Crippen molar-refractivity contribution in [2.75, 3.05) is 19.6 Å². The molecule has 2 heteroatoms. The molecule has 0 radical (unpaired) electrons. The summed E-state index contributed by atoms with van der Waals surface area (Å²) in [5, 5.41) is 3.63. The van der Waals surface area contributed by atoms with Crippen molar-refractivity contribution in [3.63, 3.8) is 0 Å². The average molecular weight is 226 g/mol. The summed E-state index contributed by atoms with van der Waals surface area (Å²) in [6.45, 7) is 17.5. The highest BCUT2D eigenvalue weighted by Crippen LogP contribution is 2.23. The van der Waals surface area contributed by atoms with Crippen molar-refractivity contribution in [1.82, 2.24) is 10.2 Å². The molecule has 2 nitrogen and oxygen atoms in total. The lowest BCUT2D eigenvalue weighted by Crippen LogP contribution is -2.41.